The Balaban J connectivity index is 1.38. The Bertz CT molecular complexity index is 1580. The van der Waals surface area contributed by atoms with E-state index in [2.05, 4.69) is 16.4 Å². The Morgan fingerprint density at radius 2 is 1.88 bits per heavy atom. The van der Waals surface area contributed by atoms with Crippen LogP contribution in [0.1, 0.15) is 24.3 Å². The first-order valence-electron chi connectivity index (χ1n) is 13.2. The molecule has 0 amide bonds. The highest BCUT2D eigenvalue weighted by molar-refractivity contribution is 7.99. The molecule has 0 aliphatic carbocycles. The van der Waals surface area contributed by atoms with E-state index in [-0.39, 0.29) is 30.5 Å². The summed E-state index contributed by atoms with van der Waals surface area (Å²) in [5.74, 6) is -4.23. The van der Waals surface area contributed by atoms with Crippen molar-refractivity contribution in [3.05, 3.63) is 100 Å². The van der Waals surface area contributed by atoms with Crippen molar-refractivity contribution in [2.75, 3.05) is 13.7 Å². The van der Waals surface area contributed by atoms with Crippen LogP contribution in [0.25, 0.3) is 11.3 Å². The van der Waals surface area contributed by atoms with Gasteiger partial charge >= 0.3 is 0 Å². The number of methoxy groups -OCH3 is 1. The van der Waals surface area contributed by atoms with Gasteiger partial charge in [-0.25, -0.2) is 17.9 Å². The second-order valence-electron chi connectivity index (χ2n) is 9.68. The fourth-order valence-corrected chi connectivity index (χ4v) is 5.90. The molecular formula is C30H26ClF3N4O4S. The van der Waals surface area contributed by atoms with Crippen LogP contribution in [0.4, 0.5) is 13.2 Å². The molecule has 0 radical (unpaired) electrons. The van der Waals surface area contributed by atoms with Gasteiger partial charge in [-0.1, -0.05) is 58.9 Å². The third-order valence-corrected chi connectivity index (χ3v) is 8.23. The summed E-state index contributed by atoms with van der Waals surface area (Å²) in [6.45, 7) is 2.21. The average molecular weight is 631 g/mol. The largest absolute Gasteiger partial charge is 0.376 e. The first-order valence-corrected chi connectivity index (χ1v) is 14.4. The van der Waals surface area contributed by atoms with Crippen LogP contribution in [0.15, 0.2) is 71.8 Å². The van der Waals surface area contributed by atoms with Crippen molar-refractivity contribution in [2.45, 2.75) is 48.4 Å². The van der Waals surface area contributed by atoms with Crippen molar-refractivity contribution in [1.82, 2.24) is 15.0 Å². The number of thioether (sulfide) groups is 1. The molecule has 5 atom stereocenters. The Hall–Kier alpha value is -3.44. The van der Waals surface area contributed by atoms with Gasteiger partial charge in [0.25, 0.3) is 0 Å². The van der Waals surface area contributed by atoms with Gasteiger partial charge in [-0.15, -0.1) is 5.10 Å². The van der Waals surface area contributed by atoms with Crippen LogP contribution in [0.2, 0.25) is 5.02 Å². The molecule has 1 aliphatic heterocycles. The molecule has 0 N–H and O–H groups in total. The van der Waals surface area contributed by atoms with Gasteiger partial charge in [0.1, 0.15) is 29.4 Å². The molecule has 3 unspecified atom stereocenters. The molecular weight excluding hydrogens is 605 g/mol. The second-order valence-corrected chi connectivity index (χ2v) is 11.3. The molecule has 43 heavy (non-hydrogen) atoms. The molecule has 0 bridgehead atoms. The molecule has 8 nitrogen and oxygen atoms in total. The van der Waals surface area contributed by atoms with Gasteiger partial charge in [0.05, 0.1) is 31.0 Å². The SMILES string of the molecule is CO[C@@H](Cn1cc(-c2cc(F)c(F)c(F)c2)nn1)C(OC1COC(c2ccccc2)O[C@@H]1C)Sc1cc(Cl)ccc1C#N. The summed E-state index contributed by atoms with van der Waals surface area (Å²) < 4.78 is 67.0. The number of hydrogen-bond acceptors (Lipinski definition) is 8. The summed E-state index contributed by atoms with van der Waals surface area (Å²) in [6, 6.07) is 18.3. The first-order chi connectivity index (χ1) is 20.7. The fraction of sp³-hybridized carbons (Fsp3) is 0.300. The molecule has 2 heterocycles. The molecule has 224 valence electrons. The monoisotopic (exact) mass is 630 g/mol. The Kier molecular flexibility index (Phi) is 10.0. The molecule has 0 spiro atoms. The van der Waals surface area contributed by atoms with Gasteiger partial charge in [-0.05, 0) is 37.3 Å². The standard InChI is InChI=1S/C30H26ClF3N4O4S/c1-17-26(16-40-29(41-17)18-6-4-3-5-7-18)42-30(43-27-12-21(31)9-8-19(27)13-35)25(39-2)15-38-14-24(36-37-38)20-10-22(32)28(34)23(33)11-20/h3-12,14,17,25-26,29-30H,15-16H2,1-2H3/t17-,25+,26?,29?,30?/m1/s1. The van der Waals surface area contributed by atoms with Crippen LogP contribution in [0.5, 0.6) is 0 Å². The van der Waals surface area contributed by atoms with Crippen molar-refractivity contribution >= 4 is 23.4 Å². The van der Waals surface area contributed by atoms with Crippen LogP contribution in [-0.2, 0) is 25.5 Å². The molecule has 0 saturated carbocycles. The van der Waals surface area contributed by atoms with Gasteiger partial charge in [0.2, 0.25) is 0 Å². The molecule has 3 aromatic carbocycles. The van der Waals surface area contributed by atoms with E-state index >= 15 is 0 Å². The third-order valence-electron chi connectivity index (χ3n) is 6.75. The van der Waals surface area contributed by atoms with E-state index in [0.717, 1.165) is 17.7 Å². The van der Waals surface area contributed by atoms with Crippen molar-refractivity contribution in [3.8, 4) is 17.3 Å². The number of nitrogens with zero attached hydrogens (tertiary/aromatic N) is 4. The summed E-state index contributed by atoms with van der Waals surface area (Å²) in [7, 11) is 1.50. The Morgan fingerprint density at radius 3 is 2.56 bits per heavy atom. The Labute approximate surface area is 255 Å². The van der Waals surface area contributed by atoms with E-state index in [9.17, 15) is 18.4 Å². The number of rotatable bonds is 10. The third kappa shape index (κ3) is 7.38. The van der Waals surface area contributed by atoms with Gasteiger partial charge in [-0.2, -0.15) is 5.26 Å². The minimum atomic E-state index is -1.56. The highest BCUT2D eigenvalue weighted by Crippen LogP contribution is 2.36. The number of aromatic nitrogens is 3. The van der Waals surface area contributed by atoms with Crippen molar-refractivity contribution in [1.29, 1.82) is 5.26 Å². The lowest BCUT2D eigenvalue weighted by molar-refractivity contribution is -0.267. The normalized spacial score (nSPS) is 20.0. The topological polar surface area (TPSA) is 91.4 Å². The lowest BCUT2D eigenvalue weighted by Gasteiger charge is -2.38. The number of nitriles is 1. The zero-order chi connectivity index (χ0) is 30.5. The number of ether oxygens (including phenoxy) is 4. The van der Waals surface area contributed by atoms with E-state index < -0.39 is 41.4 Å². The minimum Gasteiger partial charge on any atom is -0.376 e. The number of halogens is 4. The summed E-state index contributed by atoms with van der Waals surface area (Å²) in [6.07, 6.45) is -0.634. The van der Waals surface area contributed by atoms with Crippen molar-refractivity contribution < 1.29 is 32.1 Å². The first kappa shape index (κ1) is 31.0. The van der Waals surface area contributed by atoms with Crippen LogP contribution in [0, 0.1) is 28.8 Å². The smallest absolute Gasteiger partial charge is 0.194 e. The number of benzene rings is 3. The molecule has 1 aliphatic rings. The molecule has 5 rings (SSSR count). The summed E-state index contributed by atoms with van der Waals surface area (Å²) >= 11 is 7.49. The van der Waals surface area contributed by atoms with E-state index in [1.165, 1.54) is 29.8 Å². The average Bonchev–Trinajstić information content (AvgIpc) is 3.48. The molecule has 1 saturated heterocycles. The molecule has 1 aromatic heterocycles. The summed E-state index contributed by atoms with van der Waals surface area (Å²) in [4.78, 5) is 0.575. The van der Waals surface area contributed by atoms with E-state index in [1.807, 2.05) is 37.3 Å². The predicted molar refractivity (Wildman–Crippen MR) is 152 cm³/mol. The van der Waals surface area contributed by atoms with Gasteiger partial charge in [0, 0.05) is 28.2 Å². The van der Waals surface area contributed by atoms with Gasteiger partial charge in [-0.3, -0.25) is 0 Å². The van der Waals surface area contributed by atoms with Gasteiger partial charge in [0.15, 0.2) is 23.7 Å². The highest BCUT2D eigenvalue weighted by atomic mass is 35.5. The molecule has 4 aromatic rings. The van der Waals surface area contributed by atoms with Crippen LogP contribution in [-0.4, -0.2) is 52.5 Å². The quantitative estimate of drug-likeness (QED) is 0.111. The fourth-order valence-electron chi connectivity index (χ4n) is 4.43. The Morgan fingerprint density at radius 1 is 1.14 bits per heavy atom. The van der Waals surface area contributed by atoms with Crippen molar-refractivity contribution in [3.63, 3.8) is 0 Å². The highest BCUT2D eigenvalue weighted by Gasteiger charge is 2.36. The van der Waals surface area contributed by atoms with Crippen LogP contribution < -0.4 is 0 Å². The summed E-state index contributed by atoms with van der Waals surface area (Å²) in [5, 5.41) is 18.2. The zero-order valence-electron chi connectivity index (χ0n) is 23.0. The van der Waals surface area contributed by atoms with Gasteiger partial charge < -0.3 is 18.9 Å². The van der Waals surface area contributed by atoms with E-state index in [1.54, 1.807) is 18.2 Å². The summed E-state index contributed by atoms with van der Waals surface area (Å²) in [5.41, 5.74) is 0.712. The molecule has 1 fully saturated rings. The predicted octanol–water partition coefficient (Wildman–Crippen LogP) is 6.54. The van der Waals surface area contributed by atoms with E-state index in [4.69, 9.17) is 30.5 Å². The molecule has 13 heteroatoms. The number of hydrogen-bond donors (Lipinski definition) is 0. The van der Waals surface area contributed by atoms with Crippen LogP contribution >= 0.6 is 23.4 Å². The van der Waals surface area contributed by atoms with E-state index in [0.29, 0.717) is 15.5 Å². The minimum absolute atomic E-state index is 0.0229. The second kappa shape index (κ2) is 13.9. The zero-order valence-corrected chi connectivity index (χ0v) is 24.6. The lowest BCUT2D eigenvalue weighted by Crippen LogP contribution is -2.45. The van der Waals surface area contributed by atoms with Crippen LogP contribution in [0.3, 0.4) is 0 Å². The lowest BCUT2D eigenvalue weighted by atomic mass is 10.1. The maximum Gasteiger partial charge on any atom is 0.194 e. The maximum absolute atomic E-state index is 13.8. The maximum atomic E-state index is 13.8. The van der Waals surface area contributed by atoms with Crippen molar-refractivity contribution in [2.24, 2.45) is 0 Å².